The Hall–Kier alpha value is -2.94. The van der Waals surface area contributed by atoms with Gasteiger partial charge >= 0.3 is 5.97 Å². The van der Waals surface area contributed by atoms with E-state index in [0.717, 1.165) is 54.0 Å². The molecule has 1 fully saturated rings. The SMILES string of the molecule is N#Cc1ccc(-c2scc3c2C(=O)OC32CCN(Cc3ccccc3)CC2)cc1. The van der Waals surface area contributed by atoms with Crippen LogP contribution in [0.4, 0.5) is 0 Å². The van der Waals surface area contributed by atoms with E-state index in [1.165, 1.54) is 5.56 Å². The maximum absolute atomic E-state index is 12.8. The number of ether oxygens (including phenoxy) is 1. The monoisotopic (exact) mass is 400 g/mol. The Morgan fingerprint density at radius 2 is 1.79 bits per heavy atom. The second-order valence-electron chi connectivity index (χ2n) is 7.69. The van der Waals surface area contributed by atoms with E-state index in [9.17, 15) is 4.79 Å². The molecule has 1 saturated heterocycles. The van der Waals surface area contributed by atoms with Crippen LogP contribution in [0.5, 0.6) is 0 Å². The Balaban J connectivity index is 1.38. The Bertz CT molecular complexity index is 1090. The van der Waals surface area contributed by atoms with E-state index in [2.05, 4.69) is 40.6 Å². The number of thiophene rings is 1. The van der Waals surface area contributed by atoms with Crippen LogP contribution in [0, 0.1) is 11.3 Å². The van der Waals surface area contributed by atoms with E-state index < -0.39 is 5.60 Å². The summed E-state index contributed by atoms with van der Waals surface area (Å²) in [6.07, 6.45) is 1.64. The third-order valence-electron chi connectivity index (χ3n) is 5.96. The minimum absolute atomic E-state index is 0.211. The molecule has 0 unspecified atom stereocenters. The quantitative estimate of drug-likeness (QED) is 0.584. The standard InChI is InChI=1S/C24H20N2O2S/c25-14-17-6-8-19(9-7-17)22-21-20(16-29-22)24(28-23(21)27)10-12-26(13-11-24)15-18-4-2-1-3-5-18/h1-9,16H,10-13,15H2. The zero-order valence-corrected chi connectivity index (χ0v) is 16.7. The Morgan fingerprint density at radius 1 is 1.07 bits per heavy atom. The first kappa shape index (κ1) is 18.1. The molecule has 29 heavy (non-hydrogen) atoms. The molecule has 2 aliphatic rings. The van der Waals surface area contributed by atoms with E-state index in [1.54, 1.807) is 23.5 Å². The fraction of sp³-hybridized carbons (Fsp3) is 0.250. The number of esters is 1. The van der Waals surface area contributed by atoms with E-state index in [1.807, 2.05) is 18.2 Å². The van der Waals surface area contributed by atoms with Gasteiger partial charge < -0.3 is 4.74 Å². The molecule has 1 spiro atoms. The maximum Gasteiger partial charge on any atom is 0.340 e. The summed E-state index contributed by atoms with van der Waals surface area (Å²) in [6, 6.07) is 20.0. The molecule has 5 heteroatoms. The highest BCUT2D eigenvalue weighted by Gasteiger charge is 2.49. The number of carbonyl (C=O) groups is 1. The summed E-state index contributed by atoms with van der Waals surface area (Å²) in [5.41, 5.74) is 4.17. The molecule has 2 aromatic carbocycles. The molecular formula is C24H20N2O2S. The van der Waals surface area contributed by atoms with Gasteiger partial charge in [-0.15, -0.1) is 11.3 Å². The minimum Gasteiger partial charge on any atom is -0.450 e. The van der Waals surface area contributed by atoms with Crippen LogP contribution < -0.4 is 0 Å². The number of hydrogen-bond acceptors (Lipinski definition) is 5. The second kappa shape index (κ2) is 7.14. The van der Waals surface area contributed by atoms with Gasteiger partial charge in [0.1, 0.15) is 5.60 Å². The molecule has 3 heterocycles. The fourth-order valence-electron chi connectivity index (χ4n) is 4.37. The smallest absolute Gasteiger partial charge is 0.340 e. The van der Waals surface area contributed by atoms with Crippen LogP contribution in [0.1, 0.15) is 39.9 Å². The molecule has 0 radical (unpaired) electrons. The third-order valence-corrected chi connectivity index (χ3v) is 6.99. The topological polar surface area (TPSA) is 53.3 Å². The Morgan fingerprint density at radius 3 is 2.48 bits per heavy atom. The lowest BCUT2D eigenvalue weighted by atomic mass is 9.85. The molecule has 1 aromatic heterocycles. The first-order valence-corrected chi connectivity index (χ1v) is 10.7. The number of nitrogens with zero attached hydrogens (tertiary/aromatic N) is 2. The summed E-state index contributed by atoms with van der Waals surface area (Å²) >= 11 is 1.60. The van der Waals surface area contributed by atoms with Crippen LogP contribution in [0.3, 0.4) is 0 Å². The van der Waals surface area contributed by atoms with Gasteiger partial charge in [-0.1, -0.05) is 42.5 Å². The molecular weight excluding hydrogens is 380 g/mol. The van der Waals surface area contributed by atoms with E-state index in [-0.39, 0.29) is 5.97 Å². The summed E-state index contributed by atoms with van der Waals surface area (Å²) in [5.74, 6) is -0.211. The van der Waals surface area contributed by atoms with Gasteiger partial charge in [-0.25, -0.2) is 4.79 Å². The van der Waals surface area contributed by atoms with Crippen LogP contribution in [0.15, 0.2) is 60.0 Å². The second-order valence-corrected chi connectivity index (χ2v) is 8.57. The lowest BCUT2D eigenvalue weighted by Gasteiger charge is -2.38. The van der Waals surface area contributed by atoms with Crippen molar-refractivity contribution in [3.8, 4) is 16.5 Å². The Labute approximate surface area is 174 Å². The van der Waals surface area contributed by atoms with E-state index in [0.29, 0.717) is 5.56 Å². The first-order chi connectivity index (χ1) is 14.2. The van der Waals surface area contributed by atoms with Crippen molar-refractivity contribution in [2.24, 2.45) is 0 Å². The summed E-state index contributed by atoms with van der Waals surface area (Å²) in [7, 11) is 0. The number of hydrogen-bond donors (Lipinski definition) is 0. The number of likely N-dealkylation sites (tertiary alicyclic amines) is 1. The van der Waals surface area contributed by atoms with Gasteiger partial charge in [-0.2, -0.15) is 5.26 Å². The number of benzene rings is 2. The van der Waals surface area contributed by atoms with Crippen molar-refractivity contribution in [2.75, 3.05) is 13.1 Å². The highest BCUT2D eigenvalue weighted by molar-refractivity contribution is 7.14. The van der Waals surface area contributed by atoms with Gasteiger partial charge in [0.05, 0.1) is 17.2 Å². The average Bonchev–Trinajstić information content (AvgIpc) is 3.32. The largest absolute Gasteiger partial charge is 0.450 e. The van der Waals surface area contributed by atoms with Crippen molar-refractivity contribution in [3.05, 3.63) is 82.2 Å². The molecule has 2 aliphatic heterocycles. The van der Waals surface area contributed by atoms with Crippen molar-refractivity contribution >= 4 is 17.3 Å². The van der Waals surface area contributed by atoms with Crippen molar-refractivity contribution in [1.29, 1.82) is 5.26 Å². The van der Waals surface area contributed by atoms with Crippen molar-refractivity contribution in [1.82, 2.24) is 4.90 Å². The van der Waals surface area contributed by atoms with Crippen LogP contribution in [-0.2, 0) is 16.9 Å². The molecule has 0 atom stereocenters. The summed E-state index contributed by atoms with van der Waals surface area (Å²) in [5, 5.41) is 11.1. The van der Waals surface area contributed by atoms with Gasteiger partial charge in [-0.05, 0) is 28.6 Å². The molecule has 0 N–H and O–H groups in total. The number of nitriles is 1. The zero-order chi connectivity index (χ0) is 19.8. The van der Waals surface area contributed by atoms with E-state index >= 15 is 0 Å². The lowest BCUT2D eigenvalue weighted by Crippen LogP contribution is -2.42. The molecule has 3 aromatic rings. The minimum atomic E-state index is -0.485. The van der Waals surface area contributed by atoms with Gasteiger partial charge in [0.15, 0.2) is 0 Å². The molecule has 0 saturated carbocycles. The number of rotatable bonds is 3. The first-order valence-electron chi connectivity index (χ1n) is 9.81. The molecule has 0 aliphatic carbocycles. The predicted molar refractivity (Wildman–Crippen MR) is 113 cm³/mol. The molecule has 5 rings (SSSR count). The number of piperidine rings is 1. The highest BCUT2D eigenvalue weighted by Crippen LogP contribution is 2.49. The molecule has 144 valence electrons. The van der Waals surface area contributed by atoms with Crippen molar-refractivity contribution in [2.45, 2.75) is 25.0 Å². The van der Waals surface area contributed by atoms with Gasteiger partial charge in [0.2, 0.25) is 0 Å². The van der Waals surface area contributed by atoms with Crippen LogP contribution in [0.25, 0.3) is 10.4 Å². The maximum atomic E-state index is 12.8. The van der Waals surface area contributed by atoms with Gasteiger partial charge in [-0.3, -0.25) is 4.90 Å². The van der Waals surface area contributed by atoms with Gasteiger partial charge in [0.25, 0.3) is 0 Å². The number of fused-ring (bicyclic) bond motifs is 2. The van der Waals surface area contributed by atoms with E-state index in [4.69, 9.17) is 10.00 Å². The van der Waals surface area contributed by atoms with Crippen LogP contribution in [0.2, 0.25) is 0 Å². The lowest BCUT2D eigenvalue weighted by molar-refractivity contribution is -0.0440. The normalized spacial score (nSPS) is 17.7. The molecule has 0 amide bonds. The summed E-state index contributed by atoms with van der Waals surface area (Å²) in [6.45, 7) is 2.74. The summed E-state index contributed by atoms with van der Waals surface area (Å²) < 4.78 is 5.99. The average molecular weight is 401 g/mol. The third kappa shape index (κ3) is 3.15. The van der Waals surface area contributed by atoms with Crippen LogP contribution in [-0.4, -0.2) is 24.0 Å². The number of carbonyl (C=O) groups excluding carboxylic acids is 1. The van der Waals surface area contributed by atoms with Gasteiger partial charge in [0, 0.05) is 42.9 Å². The molecule has 4 nitrogen and oxygen atoms in total. The summed E-state index contributed by atoms with van der Waals surface area (Å²) in [4.78, 5) is 16.2. The Kier molecular flexibility index (Phi) is 4.46. The van der Waals surface area contributed by atoms with Crippen LogP contribution >= 0.6 is 11.3 Å². The fourth-order valence-corrected chi connectivity index (χ4v) is 5.52. The zero-order valence-electron chi connectivity index (χ0n) is 15.9. The van der Waals surface area contributed by atoms with Crippen molar-refractivity contribution in [3.63, 3.8) is 0 Å². The highest BCUT2D eigenvalue weighted by atomic mass is 32.1. The predicted octanol–water partition coefficient (Wildman–Crippen LogP) is 4.95. The molecule has 0 bridgehead atoms. The van der Waals surface area contributed by atoms with Crippen molar-refractivity contribution < 1.29 is 9.53 Å².